The Kier molecular flexibility index (Phi) is 5.71. The van der Waals surface area contributed by atoms with Crippen molar-refractivity contribution in [3.8, 4) is 0 Å². The molecule has 5 nitrogen and oxygen atoms in total. The van der Waals surface area contributed by atoms with Crippen LogP contribution < -0.4 is 5.32 Å². The molecule has 102 valence electrons. The summed E-state index contributed by atoms with van der Waals surface area (Å²) in [7, 11) is 4.14. The van der Waals surface area contributed by atoms with Crippen LogP contribution in [0.1, 0.15) is 18.7 Å². The Hall–Kier alpha value is -0.980. The summed E-state index contributed by atoms with van der Waals surface area (Å²) in [4.78, 5) is 13.4. The van der Waals surface area contributed by atoms with E-state index in [2.05, 4.69) is 38.2 Å². The van der Waals surface area contributed by atoms with Crippen LogP contribution in [-0.4, -0.2) is 36.5 Å². The molecule has 0 saturated heterocycles. The van der Waals surface area contributed by atoms with Crippen molar-refractivity contribution in [3.05, 3.63) is 27.1 Å². The Morgan fingerprint density at radius 2 is 2.11 bits per heavy atom. The van der Waals surface area contributed by atoms with Crippen LogP contribution in [0.15, 0.2) is 12.1 Å². The molecule has 1 rings (SSSR count). The smallest absolute Gasteiger partial charge is 0.310 e. The molecule has 1 heterocycles. The molecule has 0 radical (unpaired) electrons. The number of thiophene rings is 1. The van der Waals surface area contributed by atoms with Gasteiger partial charge in [-0.3, -0.25) is 10.1 Å². The summed E-state index contributed by atoms with van der Waals surface area (Å²) in [5.74, 6) is 0.574. The first-order valence-electron chi connectivity index (χ1n) is 6.02. The second kappa shape index (κ2) is 6.82. The molecule has 0 bridgehead atoms. The topological polar surface area (TPSA) is 58.4 Å². The lowest BCUT2D eigenvalue weighted by molar-refractivity contribution is -0.380. The fourth-order valence-electron chi connectivity index (χ4n) is 1.92. The zero-order valence-corrected chi connectivity index (χ0v) is 12.2. The summed E-state index contributed by atoms with van der Waals surface area (Å²) in [6.45, 7) is 5.97. The third-order valence-corrected chi connectivity index (χ3v) is 3.95. The van der Waals surface area contributed by atoms with Crippen molar-refractivity contribution in [2.24, 2.45) is 5.92 Å². The minimum absolute atomic E-state index is 0.208. The lowest BCUT2D eigenvalue weighted by Gasteiger charge is -2.28. The number of nitrogens with zero attached hydrogens (tertiary/aromatic N) is 2. The molecule has 6 heteroatoms. The zero-order chi connectivity index (χ0) is 13.7. The van der Waals surface area contributed by atoms with E-state index in [1.165, 1.54) is 11.3 Å². The van der Waals surface area contributed by atoms with Gasteiger partial charge in [0.05, 0.1) is 4.92 Å². The van der Waals surface area contributed by atoms with Gasteiger partial charge in [-0.05, 0) is 26.1 Å². The van der Waals surface area contributed by atoms with Crippen molar-refractivity contribution in [3.63, 3.8) is 0 Å². The lowest BCUT2D eigenvalue weighted by Crippen LogP contribution is -2.41. The van der Waals surface area contributed by atoms with Gasteiger partial charge in [0, 0.05) is 30.1 Å². The largest absolute Gasteiger partial charge is 0.324 e. The highest BCUT2D eigenvalue weighted by atomic mass is 32.1. The summed E-state index contributed by atoms with van der Waals surface area (Å²) >= 11 is 1.23. The summed E-state index contributed by atoms with van der Waals surface area (Å²) in [6.07, 6.45) is 0. The van der Waals surface area contributed by atoms with Crippen LogP contribution in [0.5, 0.6) is 0 Å². The van der Waals surface area contributed by atoms with E-state index in [9.17, 15) is 10.1 Å². The van der Waals surface area contributed by atoms with Crippen molar-refractivity contribution < 1.29 is 4.92 Å². The predicted molar refractivity (Wildman–Crippen MR) is 75.0 cm³/mol. The summed E-state index contributed by atoms with van der Waals surface area (Å²) in [5.41, 5.74) is 0. The molecular formula is C12H21N3O2S. The van der Waals surface area contributed by atoms with Crippen molar-refractivity contribution in [2.45, 2.75) is 26.4 Å². The Bertz CT molecular complexity index is 382. The van der Waals surface area contributed by atoms with Crippen LogP contribution >= 0.6 is 11.3 Å². The Labute approximate surface area is 112 Å². The summed E-state index contributed by atoms with van der Waals surface area (Å²) < 4.78 is 0. The van der Waals surface area contributed by atoms with Gasteiger partial charge in [0.25, 0.3) is 0 Å². The van der Waals surface area contributed by atoms with Crippen molar-refractivity contribution in [1.29, 1.82) is 0 Å². The molecule has 0 amide bonds. The molecule has 0 aliphatic heterocycles. The van der Waals surface area contributed by atoms with Gasteiger partial charge in [0.15, 0.2) is 0 Å². The third-order valence-electron chi connectivity index (χ3n) is 2.91. The average Bonchev–Trinajstić information content (AvgIpc) is 2.71. The third kappa shape index (κ3) is 4.36. The number of nitro groups is 1. The van der Waals surface area contributed by atoms with Crippen LogP contribution in [0.4, 0.5) is 5.00 Å². The average molecular weight is 271 g/mol. The van der Waals surface area contributed by atoms with E-state index in [1.807, 2.05) is 6.07 Å². The molecule has 1 unspecified atom stereocenters. The van der Waals surface area contributed by atoms with E-state index >= 15 is 0 Å². The normalized spacial score (nSPS) is 13.2. The maximum absolute atomic E-state index is 10.6. The predicted octanol–water partition coefficient (Wildman–Crippen LogP) is 2.33. The van der Waals surface area contributed by atoms with Crippen LogP contribution in [-0.2, 0) is 6.54 Å². The second-order valence-electron chi connectivity index (χ2n) is 4.90. The number of hydrogen-bond donors (Lipinski definition) is 1. The lowest BCUT2D eigenvalue weighted by atomic mass is 10.0. The molecule has 0 saturated carbocycles. The van der Waals surface area contributed by atoms with Gasteiger partial charge >= 0.3 is 5.00 Å². The van der Waals surface area contributed by atoms with E-state index in [0.717, 1.165) is 11.4 Å². The van der Waals surface area contributed by atoms with Gasteiger partial charge in [-0.15, -0.1) is 0 Å². The molecule has 0 spiro atoms. The number of hydrogen-bond acceptors (Lipinski definition) is 5. The first-order chi connectivity index (χ1) is 8.41. The minimum atomic E-state index is -0.342. The van der Waals surface area contributed by atoms with Crippen LogP contribution in [0.25, 0.3) is 0 Å². The summed E-state index contributed by atoms with van der Waals surface area (Å²) in [6, 6.07) is 3.85. The van der Waals surface area contributed by atoms with Gasteiger partial charge in [-0.2, -0.15) is 0 Å². The fraction of sp³-hybridized carbons (Fsp3) is 0.667. The molecule has 0 aliphatic carbocycles. The first-order valence-corrected chi connectivity index (χ1v) is 6.83. The van der Waals surface area contributed by atoms with Gasteiger partial charge in [-0.25, -0.2) is 0 Å². The Morgan fingerprint density at radius 3 is 2.56 bits per heavy atom. The monoisotopic (exact) mass is 271 g/mol. The molecule has 1 atom stereocenters. The van der Waals surface area contributed by atoms with E-state index < -0.39 is 0 Å². The second-order valence-corrected chi connectivity index (χ2v) is 6.05. The van der Waals surface area contributed by atoms with Gasteiger partial charge in [-0.1, -0.05) is 25.2 Å². The van der Waals surface area contributed by atoms with Crippen molar-refractivity contribution in [1.82, 2.24) is 10.2 Å². The highest BCUT2D eigenvalue weighted by Crippen LogP contribution is 2.23. The maximum atomic E-state index is 10.6. The van der Waals surface area contributed by atoms with Gasteiger partial charge in [0.1, 0.15) is 0 Å². The fourth-order valence-corrected chi connectivity index (χ4v) is 2.71. The highest BCUT2D eigenvalue weighted by Gasteiger charge is 2.15. The molecule has 0 fully saturated rings. The van der Waals surface area contributed by atoms with Gasteiger partial charge < -0.3 is 10.2 Å². The SMILES string of the molecule is CC(C)C(CNCc1ccc([N+](=O)[O-])s1)N(C)C. The molecular weight excluding hydrogens is 250 g/mol. The number of rotatable bonds is 7. The van der Waals surface area contributed by atoms with Crippen LogP contribution in [0.3, 0.4) is 0 Å². The first kappa shape index (κ1) is 15.1. The van der Waals surface area contributed by atoms with E-state index in [1.54, 1.807) is 6.07 Å². The standard InChI is InChI=1S/C12H21N3O2S/c1-9(2)11(14(3)4)8-13-7-10-5-6-12(18-10)15(16)17/h5-6,9,11,13H,7-8H2,1-4H3. The number of nitrogens with one attached hydrogen (secondary N) is 1. The van der Waals surface area contributed by atoms with E-state index in [-0.39, 0.29) is 9.92 Å². The van der Waals surface area contributed by atoms with Gasteiger partial charge in [0.2, 0.25) is 0 Å². The highest BCUT2D eigenvalue weighted by molar-refractivity contribution is 7.15. The number of likely N-dealkylation sites (N-methyl/N-ethyl adjacent to an activating group) is 1. The van der Waals surface area contributed by atoms with E-state index in [0.29, 0.717) is 18.5 Å². The maximum Gasteiger partial charge on any atom is 0.324 e. The zero-order valence-electron chi connectivity index (χ0n) is 11.3. The Morgan fingerprint density at radius 1 is 1.44 bits per heavy atom. The van der Waals surface area contributed by atoms with Crippen molar-refractivity contribution in [2.75, 3.05) is 20.6 Å². The molecule has 18 heavy (non-hydrogen) atoms. The Balaban J connectivity index is 2.42. The molecule has 0 aliphatic rings. The summed E-state index contributed by atoms with van der Waals surface area (Å²) in [5, 5.41) is 14.1. The molecule has 0 aromatic carbocycles. The molecule has 1 N–H and O–H groups in total. The van der Waals surface area contributed by atoms with Crippen LogP contribution in [0.2, 0.25) is 0 Å². The minimum Gasteiger partial charge on any atom is -0.310 e. The molecule has 1 aromatic heterocycles. The van der Waals surface area contributed by atoms with Crippen LogP contribution in [0, 0.1) is 16.0 Å². The van der Waals surface area contributed by atoms with Crippen molar-refractivity contribution >= 4 is 16.3 Å². The molecule has 1 aromatic rings. The quantitative estimate of drug-likeness (QED) is 0.611. The van der Waals surface area contributed by atoms with E-state index in [4.69, 9.17) is 0 Å².